The highest BCUT2D eigenvalue weighted by atomic mass is 35.5. The van der Waals surface area contributed by atoms with Gasteiger partial charge in [-0.15, -0.1) is 0 Å². The van der Waals surface area contributed by atoms with Crippen LogP contribution in [0.25, 0.3) is 0 Å². The Labute approximate surface area is 146 Å². The molecule has 0 fully saturated rings. The molecule has 0 bridgehead atoms. The first-order chi connectivity index (χ1) is 11.1. The summed E-state index contributed by atoms with van der Waals surface area (Å²) in [5.74, 6) is 0. The van der Waals surface area contributed by atoms with Crippen LogP contribution in [0.1, 0.15) is 16.7 Å². The van der Waals surface area contributed by atoms with Gasteiger partial charge in [-0.25, -0.2) is 0 Å². The van der Waals surface area contributed by atoms with E-state index < -0.39 is 5.60 Å². The summed E-state index contributed by atoms with van der Waals surface area (Å²) in [6.07, 6.45) is 0.415. The molecular formula is C20H16Cl2O. The van der Waals surface area contributed by atoms with E-state index in [-0.39, 0.29) is 0 Å². The highest BCUT2D eigenvalue weighted by Gasteiger charge is 2.31. The minimum atomic E-state index is -1.13. The fourth-order valence-electron chi connectivity index (χ4n) is 2.74. The normalized spacial score (nSPS) is 11.4. The van der Waals surface area contributed by atoms with Gasteiger partial charge < -0.3 is 5.11 Å². The van der Waals surface area contributed by atoms with E-state index >= 15 is 0 Å². The maximum absolute atomic E-state index is 11.5. The average Bonchev–Trinajstić information content (AvgIpc) is 2.60. The van der Waals surface area contributed by atoms with Gasteiger partial charge in [-0.1, -0.05) is 89.9 Å². The van der Waals surface area contributed by atoms with Crippen LogP contribution in [-0.2, 0) is 12.0 Å². The monoisotopic (exact) mass is 342 g/mol. The predicted molar refractivity (Wildman–Crippen MR) is 96.0 cm³/mol. The van der Waals surface area contributed by atoms with E-state index in [2.05, 4.69) is 0 Å². The molecule has 116 valence electrons. The van der Waals surface area contributed by atoms with E-state index in [0.717, 1.165) is 16.7 Å². The van der Waals surface area contributed by atoms with Gasteiger partial charge in [0, 0.05) is 6.42 Å². The van der Waals surface area contributed by atoms with E-state index in [9.17, 15) is 5.11 Å². The summed E-state index contributed by atoms with van der Waals surface area (Å²) in [4.78, 5) is 0. The Balaban J connectivity index is 2.07. The Morgan fingerprint density at radius 1 is 0.696 bits per heavy atom. The highest BCUT2D eigenvalue weighted by Crippen LogP contribution is 2.34. The lowest BCUT2D eigenvalue weighted by Gasteiger charge is -2.30. The van der Waals surface area contributed by atoms with Crippen molar-refractivity contribution in [3.63, 3.8) is 0 Å². The molecule has 0 atom stereocenters. The van der Waals surface area contributed by atoms with Gasteiger partial charge in [-0.3, -0.25) is 0 Å². The molecule has 3 aromatic carbocycles. The summed E-state index contributed by atoms with van der Waals surface area (Å²) >= 11 is 12.1. The quantitative estimate of drug-likeness (QED) is 0.666. The van der Waals surface area contributed by atoms with Crippen molar-refractivity contribution in [2.24, 2.45) is 0 Å². The molecule has 0 aromatic heterocycles. The summed E-state index contributed by atoms with van der Waals surface area (Å²) in [5, 5.41) is 12.5. The van der Waals surface area contributed by atoms with E-state index in [1.165, 1.54) is 0 Å². The van der Waals surface area contributed by atoms with Gasteiger partial charge in [0.15, 0.2) is 0 Å². The largest absolute Gasteiger partial charge is 0.380 e. The third-order valence-electron chi connectivity index (χ3n) is 3.95. The van der Waals surface area contributed by atoms with E-state index in [4.69, 9.17) is 23.2 Å². The molecule has 0 heterocycles. The van der Waals surface area contributed by atoms with Crippen molar-refractivity contribution < 1.29 is 5.11 Å². The molecule has 0 spiro atoms. The Hall–Kier alpha value is -1.80. The Bertz CT molecular complexity index is 746. The number of hydrogen-bond acceptors (Lipinski definition) is 1. The number of aliphatic hydroxyl groups is 1. The van der Waals surface area contributed by atoms with Crippen molar-refractivity contribution in [1.82, 2.24) is 0 Å². The Morgan fingerprint density at radius 2 is 1.22 bits per heavy atom. The lowest BCUT2D eigenvalue weighted by Crippen LogP contribution is -2.30. The maximum Gasteiger partial charge on any atom is 0.119 e. The van der Waals surface area contributed by atoms with Crippen molar-refractivity contribution in [3.8, 4) is 0 Å². The minimum absolute atomic E-state index is 0.415. The van der Waals surface area contributed by atoms with Crippen LogP contribution in [0, 0.1) is 0 Å². The molecule has 0 unspecified atom stereocenters. The van der Waals surface area contributed by atoms with Crippen molar-refractivity contribution in [2.75, 3.05) is 0 Å². The van der Waals surface area contributed by atoms with E-state index in [1.807, 2.05) is 66.7 Å². The average molecular weight is 343 g/mol. The summed E-state index contributed by atoms with van der Waals surface area (Å²) in [5.41, 5.74) is 1.49. The standard InChI is InChI=1S/C20H16Cl2O/c21-18-12-11-15(13-19(18)22)14-20(23,16-7-3-1-4-8-16)17-9-5-2-6-10-17/h1-13,23H,14H2. The van der Waals surface area contributed by atoms with Crippen LogP contribution in [0.4, 0.5) is 0 Å². The second-order valence-electron chi connectivity index (χ2n) is 5.52. The lowest BCUT2D eigenvalue weighted by molar-refractivity contribution is 0.0811. The van der Waals surface area contributed by atoms with Crippen molar-refractivity contribution >= 4 is 23.2 Å². The molecule has 3 rings (SSSR count). The first kappa shape index (κ1) is 16.1. The van der Waals surface area contributed by atoms with Crippen LogP contribution in [-0.4, -0.2) is 5.11 Å². The van der Waals surface area contributed by atoms with Crippen LogP contribution in [0.2, 0.25) is 10.0 Å². The zero-order valence-electron chi connectivity index (χ0n) is 12.4. The molecular weight excluding hydrogens is 327 g/mol. The molecule has 0 amide bonds. The van der Waals surface area contributed by atoms with Crippen molar-refractivity contribution in [1.29, 1.82) is 0 Å². The molecule has 0 saturated carbocycles. The SMILES string of the molecule is OC(Cc1ccc(Cl)c(Cl)c1)(c1ccccc1)c1ccccc1. The van der Waals surface area contributed by atoms with Crippen molar-refractivity contribution in [3.05, 3.63) is 106 Å². The van der Waals surface area contributed by atoms with Crippen LogP contribution >= 0.6 is 23.2 Å². The molecule has 23 heavy (non-hydrogen) atoms. The van der Waals surface area contributed by atoms with Gasteiger partial charge in [-0.05, 0) is 28.8 Å². The van der Waals surface area contributed by atoms with E-state index in [1.54, 1.807) is 12.1 Å². The molecule has 0 aliphatic heterocycles. The number of rotatable bonds is 4. The summed E-state index contributed by atoms with van der Waals surface area (Å²) in [6, 6.07) is 24.8. The summed E-state index contributed by atoms with van der Waals surface area (Å²) < 4.78 is 0. The number of halogens is 2. The fourth-order valence-corrected chi connectivity index (χ4v) is 3.06. The van der Waals surface area contributed by atoms with Crippen LogP contribution in [0.15, 0.2) is 78.9 Å². The molecule has 3 heteroatoms. The van der Waals surface area contributed by atoms with Gasteiger partial charge >= 0.3 is 0 Å². The zero-order chi connectivity index (χ0) is 16.3. The number of hydrogen-bond donors (Lipinski definition) is 1. The summed E-state index contributed by atoms with van der Waals surface area (Å²) in [7, 11) is 0. The molecule has 0 saturated heterocycles. The van der Waals surface area contributed by atoms with Gasteiger partial charge in [0.1, 0.15) is 5.60 Å². The number of benzene rings is 3. The third-order valence-corrected chi connectivity index (χ3v) is 4.69. The van der Waals surface area contributed by atoms with Crippen LogP contribution in [0.5, 0.6) is 0 Å². The lowest BCUT2D eigenvalue weighted by atomic mass is 9.81. The maximum atomic E-state index is 11.5. The van der Waals surface area contributed by atoms with Gasteiger partial charge in [0.05, 0.1) is 10.0 Å². The Morgan fingerprint density at radius 3 is 1.70 bits per heavy atom. The molecule has 0 aliphatic carbocycles. The zero-order valence-corrected chi connectivity index (χ0v) is 13.9. The van der Waals surface area contributed by atoms with Gasteiger partial charge in [0.25, 0.3) is 0 Å². The second kappa shape index (κ2) is 6.76. The summed E-state index contributed by atoms with van der Waals surface area (Å²) in [6.45, 7) is 0. The fraction of sp³-hybridized carbons (Fsp3) is 0.100. The van der Waals surface area contributed by atoms with Crippen LogP contribution in [0.3, 0.4) is 0 Å². The smallest absolute Gasteiger partial charge is 0.119 e. The predicted octanol–water partition coefficient (Wildman–Crippen LogP) is 5.47. The first-order valence-electron chi connectivity index (χ1n) is 7.37. The molecule has 3 aromatic rings. The van der Waals surface area contributed by atoms with Gasteiger partial charge in [0.2, 0.25) is 0 Å². The van der Waals surface area contributed by atoms with E-state index in [0.29, 0.717) is 16.5 Å². The molecule has 0 radical (unpaired) electrons. The molecule has 0 aliphatic rings. The Kier molecular flexibility index (Phi) is 4.72. The highest BCUT2D eigenvalue weighted by molar-refractivity contribution is 6.42. The minimum Gasteiger partial charge on any atom is -0.380 e. The van der Waals surface area contributed by atoms with Crippen LogP contribution < -0.4 is 0 Å². The topological polar surface area (TPSA) is 20.2 Å². The molecule has 1 nitrogen and oxygen atoms in total. The third kappa shape index (κ3) is 3.42. The van der Waals surface area contributed by atoms with Crippen molar-refractivity contribution in [2.45, 2.75) is 12.0 Å². The molecule has 1 N–H and O–H groups in total. The first-order valence-corrected chi connectivity index (χ1v) is 8.12. The van der Waals surface area contributed by atoms with Gasteiger partial charge in [-0.2, -0.15) is 0 Å². The second-order valence-corrected chi connectivity index (χ2v) is 6.33.